The van der Waals surface area contributed by atoms with Crippen molar-refractivity contribution >= 4 is 11.6 Å². The summed E-state index contributed by atoms with van der Waals surface area (Å²) in [7, 11) is 0. The molecule has 0 aliphatic carbocycles. The number of benzene rings is 1. The Hall–Kier alpha value is -2.21. The van der Waals surface area contributed by atoms with Gasteiger partial charge in [-0.05, 0) is 37.1 Å². The molecule has 1 aliphatic heterocycles. The Labute approximate surface area is 128 Å². The molecule has 116 valence electrons. The Morgan fingerprint density at radius 2 is 2.41 bits per heavy atom. The molecule has 1 fully saturated rings. The summed E-state index contributed by atoms with van der Waals surface area (Å²) in [6.07, 6.45) is 5.10. The first kappa shape index (κ1) is 14.7. The van der Waals surface area contributed by atoms with Crippen molar-refractivity contribution in [2.45, 2.75) is 19.4 Å². The number of likely N-dealkylation sites (tertiary alicyclic amines) is 1. The molecule has 6 heteroatoms. The average Bonchev–Trinajstić information content (AvgIpc) is 3.00. The van der Waals surface area contributed by atoms with Gasteiger partial charge in [-0.2, -0.15) is 5.10 Å². The van der Waals surface area contributed by atoms with Crippen LogP contribution in [0.5, 0.6) is 0 Å². The third kappa shape index (κ3) is 3.71. The third-order valence-electron chi connectivity index (χ3n) is 3.94. The standard InChI is InChI=1S/C16H19FN4O/c17-14-5-1-3-12(7-14)10-21-6-2-4-13(11-21)16(22)20-15-8-18-19-9-15/h1,3,5,7-9,13H,2,4,6,10-11H2,(H,18,19)(H,20,22)/t13-/m1/s1. The van der Waals surface area contributed by atoms with E-state index >= 15 is 0 Å². The molecule has 1 aromatic heterocycles. The second kappa shape index (κ2) is 6.70. The van der Waals surface area contributed by atoms with E-state index in [2.05, 4.69) is 20.4 Å². The molecule has 1 amide bonds. The zero-order valence-electron chi connectivity index (χ0n) is 12.3. The molecule has 5 nitrogen and oxygen atoms in total. The number of rotatable bonds is 4. The van der Waals surface area contributed by atoms with Gasteiger partial charge in [-0.3, -0.25) is 14.8 Å². The summed E-state index contributed by atoms with van der Waals surface area (Å²) in [6.45, 7) is 2.31. The maximum Gasteiger partial charge on any atom is 0.228 e. The topological polar surface area (TPSA) is 61.0 Å². The van der Waals surface area contributed by atoms with Gasteiger partial charge in [-0.25, -0.2) is 4.39 Å². The quantitative estimate of drug-likeness (QED) is 0.911. The van der Waals surface area contributed by atoms with Crippen LogP contribution in [0.25, 0.3) is 0 Å². The maximum atomic E-state index is 13.2. The molecule has 1 aromatic carbocycles. The summed E-state index contributed by atoms with van der Waals surface area (Å²) in [4.78, 5) is 14.5. The SMILES string of the molecule is O=C(Nc1cn[nH]c1)[C@@H]1CCCN(Cc2cccc(F)c2)C1. The first-order chi connectivity index (χ1) is 10.7. The van der Waals surface area contributed by atoms with Crippen LogP contribution in [0.3, 0.4) is 0 Å². The van der Waals surface area contributed by atoms with Gasteiger partial charge >= 0.3 is 0 Å². The van der Waals surface area contributed by atoms with Crippen LogP contribution in [0.2, 0.25) is 0 Å². The molecular formula is C16H19FN4O. The van der Waals surface area contributed by atoms with Gasteiger partial charge in [0.05, 0.1) is 17.8 Å². The maximum absolute atomic E-state index is 13.2. The first-order valence-corrected chi connectivity index (χ1v) is 7.47. The highest BCUT2D eigenvalue weighted by Crippen LogP contribution is 2.20. The number of nitrogens with zero attached hydrogens (tertiary/aromatic N) is 2. The predicted molar refractivity (Wildman–Crippen MR) is 81.6 cm³/mol. The molecule has 2 aromatic rings. The Morgan fingerprint density at radius 3 is 3.18 bits per heavy atom. The van der Waals surface area contributed by atoms with Crippen molar-refractivity contribution in [3.8, 4) is 0 Å². The fourth-order valence-corrected chi connectivity index (χ4v) is 2.87. The molecule has 1 aliphatic rings. The molecule has 0 unspecified atom stereocenters. The molecule has 1 saturated heterocycles. The highest BCUT2D eigenvalue weighted by Gasteiger charge is 2.26. The van der Waals surface area contributed by atoms with E-state index in [9.17, 15) is 9.18 Å². The number of carbonyl (C=O) groups is 1. The Morgan fingerprint density at radius 1 is 1.50 bits per heavy atom. The summed E-state index contributed by atoms with van der Waals surface area (Å²) in [5.41, 5.74) is 1.63. The van der Waals surface area contributed by atoms with Gasteiger partial charge in [0.15, 0.2) is 0 Å². The van der Waals surface area contributed by atoms with Crippen molar-refractivity contribution in [3.63, 3.8) is 0 Å². The number of halogens is 1. The minimum absolute atomic E-state index is 0.0188. The van der Waals surface area contributed by atoms with Gasteiger partial charge in [-0.15, -0.1) is 0 Å². The fraction of sp³-hybridized carbons (Fsp3) is 0.375. The average molecular weight is 302 g/mol. The van der Waals surface area contributed by atoms with Crippen molar-refractivity contribution in [2.24, 2.45) is 5.92 Å². The smallest absolute Gasteiger partial charge is 0.228 e. The van der Waals surface area contributed by atoms with Crippen LogP contribution in [0, 0.1) is 11.7 Å². The molecule has 2 N–H and O–H groups in total. The van der Waals surface area contributed by atoms with E-state index < -0.39 is 0 Å². The Bertz CT molecular complexity index is 629. The summed E-state index contributed by atoms with van der Waals surface area (Å²) in [6, 6.07) is 6.63. The van der Waals surface area contributed by atoms with E-state index in [1.165, 1.54) is 6.07 Å². The third-order valence-corrected chi connectivity index (χ3v) is 3.94. The molecule has 1 atom stereocenters. The number of anilines is 1. The summed E-state index contributed by atoms with van der Waals surface area (Å²) >= 11 is 0. The number of amides is 1. The molecular weight excluding hydrogens is 283 g/mol. The number of hydrogen-bond acceptors (Lipinski definition) is 3. The lowest BCUT2D eigenvalue weighted by Crippen LogP contribution is -2.40. The van der Waals surface area contributed by atoms with Crippen molar-refractivity contribution in [1.82, 2.24) is 15.1 Å². The van der Waals surface area contributed by atoms with Gasteiger partial charge in [0.1, 0.15) is 5.82 Å². The monoisotopic (exact) mass is 302 g/mol. The van der Waals surface area contributed by atoms with Gasteiger partial charge in [0.25, 0.3) is 0 Å². The second-order valence-electron chi connectivity index (χ2n) is 5.68. The lowest BCUT2D eigenvalue weighted by atomic mass is 9.96. The van der Waals surface area contributed by atoms with Crippen LogP contribution in [-0.2, 0) is 11.3 Å². The molecule has 0 spiro atoms. The molecule has 22 heavy (non-hydrogen) atoms. The van der Waals surface area contributed by atoms with Crippen LogP contribution < -0.4 is 5.32 Å². The number of piperidine rings is 1. The van der Waals surface area contributed by atoms with E-state index in [-0.39, 0.29) is 17.6 Å². The van der Waals surface area contributed by atoms with Crippen LogP contribution >= 0.6 is 0 Å². The number of H-pyrrole nitrogens is 1. The number of aromatic nitrogens is 2. The van der Waals surface area contributed by atoms with Crippen molar-refractivity contribution < 1.29 is 9.18 Å². The van der Waals surface area contributed by atoms with E-state index in [0.717, 1.165) is 24.9 Å². The first-order valence-electron chi connectivity index (χ1n) is 7.47. The number of aromatic amines is 1. The summed E-state index contributed by atoms with van der Waals surface area (Å²) in [5.74, 6) is -0.244. The Balaban J connectivity index is 1.58. The van der Waals surface area contributed by atoms with Gasteiger partial charge in [-0.1, -0.05) is 12.1 Å². The number of carbonyl (C=O) groups excluding carboxylic acids is 1. The van der Waals surface area contributed by atoms with Crippen LogP contribution in [0.15, 0.2) is 36.7 Å². The van der Waals surface area contributed by atoms with E-state index in [1.807, 2.05) is 6.07 Å². The molecule has 0 radical (unpaired) electrons. The molecule has 0 bridgehead atoms. The lowest BCUT2D eigenvalue weighted by molar-refractivity contribution is -0.121. The van der Waals surface area contributed by atoms with Crippen molar-refractivity contribution in [1.29, 1.82) is 0 Å². The number of nitrogens with one attached hydrogen (secondary N) is 2. The van der Waals surface area contributed by atoms with E-state index in [0.29, 0.717) is 18.8 Å². The van der Waals surface area contributed by atoms with E-state index in [4.69, 9.17) is 0 Å². The molecule has 0 saturated carbocycles. The highest BCUT2D eigenvalue weighted by molar-refractivity contribution is 5.92. The second-order valence-corrected chi connectivity index (χ2v) is 5.68. The summed E-state index contributed by atoms with van der Waals surface area (Å²) in [5, 5.41) is 9.35. The Kier molecular flexibility index (Phi) is 4.48. The largest absolute Gasteiger partial charge is 0.323 e. The molecule has 2 heterocycles. The zero-order valence-corrected chi connectivity index (χ0v) is 12.3. The highest BCUT2D eigenvalue weighted by atomic mass is 19.1. The summed E-state index contributed by atoms with van der Waals surface area (Å²) < 4.78 is 13.2. The van der Waals surface area contributed by atoms with Crippen molar-refractivity contribution in [3.05, 3.63) is 48.0 Å². The van der Waals surface area contributed by atoms with Crippen LogP contribution in [0.4, 0.5) is 10.1 Å². The minimum atomic E-state index is -0.219. The normalized spacial score (nSPS) is 19.0. The number of hydrogen-bond donors (Lipinski definition) is 2. The molecule has 3 rings (SSSR count). The fourth-order valence-electron chi connectivity index (χ4n) is 2.87. The van der Waals surface area contributed by atoms with Gasteiger partial charge < -0.3 is 5.32 Å². The zero-order chi connectivity index (χ0) is 15.4. The predicted octanol–water partition coefficient (Wildman–Crippen LogP) is 2.40. The van der Waals surface area contributed by atoms with Gasteiger partial charge in [0.2, 0.25) is 5.91 Å². The van der Waals surface area contributed by atoms with Crippen molar-refractivity contribution in [2.75, 3.05) is 18.4 Å². The van der Waals surface area contributed by atoms with Crippen LogP contribution in [-0.4, -0.2) is 34.1 Å². The minimum Gasteiger partial charge on any atom is -0.323 e. The van der Waals surface area contributed by atoms with E-state index in [1.54, 1.807) is 24.5 Å². The van der Waals surface area contributed by atoms with Crippen LogP contribution in [0.1, 0.15) is 18.4 Å². The lowest BCUT2D eigenvalue weighted by Gasteiger charge is -2.31. The van der Waals surface area contributed by atoms with Gasteiger partial charge in [0, 0.05) is 19.3 Å².